The Morgan fingerprint density at radius 3 is 2.65 bits per heavy atom. The lowest BCUT2D eigenvalue weighted by atomic mass is 10.1. The Labute approximate surface area is 121 Å². The molecule has 1 atom stereocenters. The number of carbonyl (C=O) groups excluding carboxylic acids is 1. The molecule has 1 aliphatic rings. The highest BCUT2D eigenvalue weighted by Crippen LogP contribution is 2.34. The second-order valence-corrected chi connectivity index (χ2v) is 4.61. The van der Waals surface area contributed by atoms with Gasteiger partial charge in [0, 0.05) is 5.69 Å². The minimum Gasteiger partial charge on any atom is -0.324 e. The van der Waals surface area contributed by atoms with Gasteiger partial charge in [-0.05, 0) is 44.0 Å². The molecule has 1 heterocycles. The average Bonchev–Trinajstić information content (AvgIpc) is 2.83. The summed E-state index contributed by atoms with van der Waals surface area (Å²) >= 11 is 0. The predicted molar refractivity (Wildman–Crippen MR) is 73.1 cm³/mol. The molecule has 7 heteroatoms. The van der Waals surface area contributed by atoms with E-state index in [0.29, 0.717) is 6.42 Å². The van der Waals surface area contributed by atoms with Crippen molar-refractivity contribution in [3.8, 4) is 0 Å². The summed E-state index contributed by atoms with van der Waals surface area (Å²) in [5.41, 5.74) is -0.459. The minimum atomic E-state index is -4.41. The van der Waals surface area contributed by atoms with Crippen molar-refractivity contribution < 1.29 is 18.0 Å². The molecule has 1 aromatic carbocycles. The molecule has 1 saturated heterocycles. The molecule has 112 valence electrons. The maximum atomic E-state index is 12.7. The molecule has 2 N–H and O–H groups in total. The lowest BCUT2D eigenvalue weighted by Gasteiger charge is -2.16. The molecule has 20 heavy (non-hydrogen) atoms. The van der Waals surface area contributed by atoms with Crippen molar-refractivity contribution in [2.75, 3.05) is 11.9 Å². The third kappa shape index (κ3) is 3.64. The Hall–Kier alpha value is -1.27. The summed E-state index contributed by atoms with van der Waals surface area (Å²) < 4.78 is 38.2. The van der Waals surface area contributed by atoms with Gasteiger partial charge < -0.3 is 10.6 Å². The number of alkyl halides is 3. The molecule has 1 fully saturated rings. The van der Waals surface area contributed by atoms with E-state index < -0.39 is 11.7 Å². The molecule has 0 radical (unpaired) electrons. The number of nitrogens with one attached hydrogen (secondary N) is 2. The topological polar surface area (TPSA) is 41.1 Å². The van der Waals surface area contributed by atoms with Gasteiger partial charge >= 0.3 is 6.18 Å². The molecule has 3 nitrogen and oxygen atoms in total. The summed E-state index contributed by atoms with van der Waals surface area (Å²) in [4.78, 5) is 11.9. The van der Waals surface area contributed by atoms with E-state index >= 15 is 0 Å². The van der Waals surface area contributed by atoms with E-state index in [9.17, 15) is 18.0 Å². The monoisotopic (exact) mass is 308 g/mol. The molecular weight excluding hydrogens is 293 g/mol. The highest BCUT2D eigenvalue weighted by atomic mass is 35.5. The first-order valence-corrected chi connectivity index (χ1v) is 6.10. The number of hydrogen-bond donors (Lipinski definition) is 2. The van der Waals surface area contributed by atoms with E-state index in [-0.39, 0.29) is 35.6 Å². The van der Waals surface area contributed by atoms with Gasteiger partial charge in [0.15, 0.2) is 0 Å². The third-order valence-electron chi connectivity index (χ3n) is 3.27. The van der Waals surface area contributed by atoms with Gasteiger partial charge in [-0.3, -0.25) is 4.79 Å². The van der Waals surface area contributed by atoms with Crippen molar-refractivity contribution in [2.45, 2.75) is 32.0 Å². The number of halogens is 4. The van der Waals surface area contributed by atoms with Crippen LogP contribution in [0.25, 0.3) is 0 Å². The number of carbonyl (C=O) groups is 1. The van der Waals surface area contributed by atoms with Crippen LogP contribution >= 0.6 is 12.4 Å². The molecule has 0 bridgehead atoms. The number of benzene rings is 1. The SMILES string of the molecule is Cc1c(NC(=O)C2CCCN2)cccc1C(F)(F)F.Cl. The summed E-state index contributed by atoms with van der Waals surface area (Å²) in [6.45, 7) is 2.13. The number of rotatable bonds is 2. The molecule has 1 amide bonds. The summed E-state index contributed by atoms with van der Waals surface area (Å²) in [5.74, 6) is -0.278. The van der Waals surface area contributed by atoms with Crippen molar-refractivity contribution in [3.05, 3.63) is 29.3 Å². The summed E-state index contributed by atoms with van der Waals surface area (Å²) in [5, 5.41) is 5.57. The van der Waals surface area contributed by atoms with Crippen molar-refractivity contribution >= 4 is 24.0 Å². The predicted octanol–water partition coefficient (Wildman–Crippen LogP) is 3.13. The van der Waals surface area contributed by atoms with Gasteiger partial charge in [0.05, 0.1) is 11.6 Å². The van der Waals surface area contributed by atoms with Gasteiger partial charge in [-0.15, -0.1) is 12.4 Å². The molecule has 0 spiro atoms. The first-order chi connectivity index (χ1) is 8.89. The Morgan fingerprint density at radius 2 is 2.10 bits per heavy atom. The van der Waals surface area contributed by atoms with Crippen molar-refractivity contribution in [1.29, 1.82) is 0 Å². The summed E-state index contributed by atoms with van der Waals surface area (Å²) in [6, 6.07) is 3.48. The quantitative estimate of drug-likeness (QED) is 0.881. The summed E-state index contributed by atoms with van der Waals surface area (Å²) in [6.07, 6.45) is -2.79. The van der Waals surface area contributed by atoms with Crippen molar-refractivity contribution in [3.63, 3.8) is 0 Å². The highest BCUT2D eigenvalue weighted by molar-refractivity contribution is 5.95. The number of amides is 1. The normalized spacial score (nSPS) is 18.5. The van der Waals surface area contributed by atoms with Crippen molar-refractivity contribution in [2.24, 2.45) is 0 Å². The smallest absolute Gasteiger partial charge is 0.324 e. The van der Waals surface area contributed by atoms with Gasteiger partial charge in [-0.25, -0.2) is 0 Å². The van der Waals surface area contributed by atoms with Crippen LogP contribution in [0.1, 0.15) is 24.0 Å². The molecular formula is C13H16ClF3N2O. The van der Waals surface area contributed by atoms with Crippen LogP contribution in [0.5, 0.6) is 0 Å². The largest absolute Gasteiger partial charge is 0.416 e. The summed E-state index contributed by atoms with van der Waals surface area (Å²) in [7, 11) is 0. The van der Waals surface area contributed by atoms with Gasteiger partial charge in [-0.1, -0.05) is 6.07 Å². The molecule has 0 aromatic heterocycles. The van der Waals surface area contributed by atoms with Crippen LogP contribution in [0.15, 0.2) is 18.2 Å². The first-order valence-electron chi connectivity index (χ1n) is 6.10. The van der Waals surface area contributed by atoms with Gasteiger partial charge in [0.2, 0.25) is 5.91 Å². The Kier molecular flexibility index (Phi) is 5.42. The fourth-order valence-electron chi connectivity index (χ4n) is 2.21. The Balaban J connectivity index is 0.00000200. The fraction of sp³-hybridized carbons (Fsp3) is 0.462. The molecule has 1 unspecified atom stereocenters. The van der Waals surface area contributed by atoms with Crippen molar-refractivity contribution in [1.82, 2.24) is 5.32 Å². The second kappa shape index (κ2) is 6.45. The van der Waals surface area contributed by atoms with Gasteiger partial charge in [0.25, 0.3) is 0 Å². The zero-order valence-electron chi connectivity index (χ0n) is 10.9. The first kappa shape index (κ1) is 16.8. The van der Waals surface area contributed by atoms with Crippen LogP contribution in [0.2, 0.25) is 0 Å². The van der Waals surface area contributed by atoms with Crippen LogP contribution in [-0.4, -0.2) is 18.5 Å². The van der Waals surface area contributed by atoms with E-state index in [4.69, 9.17) is 0 Å². The zero-order chi connectivity index (χ0) is 14.0. The molecule has 0 saturated carbocycles. The lowest BCUT2D eigenvalue weighted by Crippen LogP contribution is -2.35. The third-order valence-corrected chi connectivity index (χ3v) is 3.27. The zero-order valence-corrected chi connectivity index (χ0v) is 11.7. The maximum absolute atomic E-state index is 12.7. The molecule has 2 rings (SSSR count). The van der Waals surface area contributed by atoms with Crippen LogP contribution in [0, 0.1) is 6.92 Å². The minimum absolute atomic E-state index is 0. The van der Waals surface area contributed by atoms with E-state index in [1.165, 1.54) is 19.1 Å². The number of anilines is 1. The van der Waals surface area contributed by atoms with Gasteiger partial charge in [0.1, 0.15) is 0 Å². The second-order valence-electron chi connectivity index (χ2n) is 4.61. The van der Waals surface area contributed by atoms with Crippen LogP contribution in [0.4, 0.5) is 18.9 Å². The van der Waals surface area contributed by atoms with E-state index in [1.54, 1.807) is 0 Å². The van der Waals surface area contributed by atoms with Crippen LogP contribution in [-0.2, 0) is 11.0 Å². The van der Waals surface area contributed by atoms with E-state index in [1.807, 2.05) is 0 Å². The average molecular weight is 309 g/mol. The molecule has 1 aromatic rings. The standard InChI is InChI=1S/C13H15F3N2O.ClH/c1-8-9(13(14,15)16)4-2-5-10(8)18-12(19)11-6-3-7-17-11;/h2,4-5,11,17H,3,6-7H2,1H3,(H,18,19);1H. The van der Waals surface area contributed by atoms with E-state index in [2.05, 4.69) is 10.6 Å². The van der Waals surface area contributed by atoms with Crippen LogP contribution < -0.4 is 10.6 Å². The lowest BCUT2D eigenvalue weighted by molar-refractivity contribution is -0.138. The fourth-order valence-corrected chi connectivity index (χ4v) is 2.21. The van der Waals surface area contributed by atoms with E-state index in [0.717, 1.165) is 19.0 Å². The number of hydrogen-bond acceptors (Lipinski definition) is 2. The van der Waals surface area contributed by atoms with Gasteiger partial charge in [-0.2, -0.15) is 13.2 Å². The van der Waals surface area contributed by atoms with Crippen LogP contribution in [0.3, 0.4) is 0 Å². The Bertz CT molecular complexity index is 485. The maximum Gasteiger partial charge on any atom is 0.416 e. The molecule has 0 aliphatic carbocycles. The molecule has 1 aliphatic heterocycles. The Morgan fingerprint density at radius 1 is 1.40 bits per heavy atom. The highest BCUT2D eigenvalue weighted by Gasteiger charge is 2.33.